The monoisotopic (exact) mass is 328 g/mol. The van der Waals surface area contributed by atoms with Crippen LogP contribution < -0.4 is 5.56 Å². The maximum Gasteiger partial charge on any atom is 0.274 e. The van der Waals surface area contributed by atoms with E-state index in [1.807, 2.05) is 17.5 Å². The van der Waals surface area contributed by atoms with E-state index in [0.717, 1.165) is 16.1 Å². The van der Waals surface area contributed by atoms with E-state index in [1.54, 1.807) is 24.5 Å². The molecular formula is C15H9ClN4OS. The molecule has 0 fully saturated rings. The molecular weight excluding hydrogens is 320 g/mol. The van der Waals surface area contributed by atoms with E-state index in [1.165, 1.54) is 21.9 Å². The molecule has 1 N–H and O–H groups in total. The summed E-state index contributed by atoms with van der Waals surface area (Å²) in [7, 11) is 0. The second kappa shape index (κ2) is 5.08. The Morgan fingerprint density at radius 1 is 1.23 bits per heavy atom. The van der Waals surface area contributed by atoms with Gasteiger partial charge < -0.3 is 4.98 Å². The molecule has 0 aliphatic carbocycles. The Morgan fingerprint density at radius 2 is 2.05 bits per heavy atom. The van der Waals surface area contributed by atoms with Gasteiger partial charge in [0.1, 0.15) is 10.7 Å². The summed E-state index contributed by atoms with van der Waals surface area (Å²) in [5.41, 5.74) is 2.85. The minimum absolute atomic E-state index is 0.193. The first-order chi connectivity index (χ1) is 10.7. The van der Waals surface area contributed by atoms with Crippen molar-refractivity contribution in [1.29, 1.82) is 0 Å². The van der Waals surface area contributed by atoms with Crippen LogP contribution in [0.3, 0.4) is 0 Å². The lowest BCUT2D eigenvalue weighted by molar-refractivity contribution is 0.901. The van der Waals surface area contributed by atoms with Gasteiger partial charge in [0.15, 0.2) is 0 Å². The summed E-state index contributed by atoms with van der Waals surface area (Å²) in [5, 5.41) is 7.50. The van der Waals surface area contributed by atoms with Crippen molar-refractivity contribution in [2.45, 2.75) is 0 Å². The number of nitrogens with one attached hydrogen (secondary N) is 1. The Hall–Kier alpha value is -2.44. The number of fused-ring (bicyclic) bond motifs is 1. The summed E-state index contributed by atoms with van der Waals surface area (Å²) < 4.78 is 1.34. The van der Waals surface area contributed by atoms with E-state index in [-0.39, 0.29) is 5.56 Å². The van der Waals surface area contributed by atoms with Gasteiger partial charge in [0, 0.05) is 22.7 Å². The highest BCUT2D eigenvalue weighted by Crippen LogP contribution is 2.26. The first-order valence-electron chi connectivity index (χ1n) is 6.49. The van der Waals surface area contributed by atoms with Crippen LogP contribution in [-0.2, 0) is 0 Å². The zero-order valence-corrected chi connectivity index (χ0v) is 12.7. The lowest BCUT2D eigenvalue weighted by atomic mass is 10.1. The van der Waals surface area contributed by atoms with Gasteiger partial charge in [-0.05, 0) is 17.7 Å². The van der Waals surface area contributed by atoms with Crippen LogP contribution in [-0.4, -0.2) is 19.6 Å². The van der Waals surface area contributed by atoms with E-state index in [4.69, 9.17) is 11.6 Å². The van der Waals surface area contributed by atoms with Crippen molar-refractivity contribution in [3.63, 3.8) is 0 Å². The van der Waals surface area contributed by atoms with Gasteiger partial charge in [0.25, 0.3) is 5.56 Å². The molecule has 0 saturated carbocycles. The van der Waals surface area contributed by atoms with E-state index < -0.39 is 0 Å². The van der Waals surface area contributed by atoms with Crippen LogP contribution in [0.2, 0.25) is 5.02 Å². The Morgan fingerprint density at radius 3 is 2.77 bits per heavy atom. The van der Waals surface area contributed by atoms with Crippen molar-refractivity contribution >= 4 is 28.6 Å². The third-order valence-corrected chi connectivity index (χ3v) is 4.38. The van der Waals surface area contributed by atoms with Crippen LogP contribution in [0.4, 0.5) is 0 Å². The van der Waals surface area contributed by atoms with Crippen molar-refractivity contribution in [1.82, 2.24) is 19.6 Å². The quantitative estimate of drug-likeness (QED) is 0.613. The number of hydrogen-bond donors (Lipinski definition) is 1. The average molecular weight is 329 g/mol. The number of hydrogen-bond acceptors (Lipinski definition) is 4. The normalized spacial score (nSPS) is 11.1. The molecule has 0 aliphatic heterocycles. The predicted octanol–water partition coefficient (Wildman–Crippen LogP) is 3.47. The van der Waals surface area contributed by atoms with Crippen molar-refractivity contribution < 1.29 is 0 Å². The van der Waals surface area contributed by atoms with Gasteiger partial charge in [-0.2, -0.15) is 9.61 Å². The second-order valence-electron chi connectivity index (χ2n) is 4.68. The topological polar surface area (TPSA) is 63.0 Å². The van der Waals surface area contributed by atoms with Crippen LogP contribution in [0, 0.1) is 0 Å². The number of thiazole rings is 1. The molecule has 3 aromatic heterocycles. The summed E-state index contributed by atoms with van der Waals surface area (Å²) in [5.74, 6) is 0. The number of halogens is 1. The molecule has 0 radical (unpaired) electrons. The van der Waals surface area contributed by atoms with Gasteiger partial charge in [-0.15, -0.1) is 11.3 Å². The molecule has 0 spiro atoms. The highest BCUT2D eigenvalue weighted by Gasteiger charge is 2.13. The van der Waals surface area contributed by atoms with Gasteiger partial charge in [-0.25, -0.2) is 4.98 Å². The fraction of sp³-hybridized carbons (Fsp3) is 0. The molecule has 0 unspecified atom stereocenters. The molecule has 1 aromatic carbocycles. The lowest BCUT2D eigenvalue weighted by Crippen LogP contribution is -2.14. The van der Waals surface area contributed by atoms with Gasteiger partial charge in [-0.1, -0.05) is 23.7 Å². The van der Waals surface area contributed by atoms with Gasteiger partial charge in [0.2, 0.25) is 0 Å². The first-order valence-corrected chi connectivity index (χ1v) is 7.75. The van der Waals surface area contributed by atoms with Crippen LogP contribution in [0.25, 0.3) is 27.5 Å². The molecule has 0 saturated heterocycles. The SMILES string of the molecule is O=c1cc(-c2ccc(Cl)cc2)[nH]c2c(-c3nccs3)cnn12. The zero-order valence-electron chi connectivity index (χ0n) is 11.2. The third kappa shape index (κ3) is 2.13. The number of nitrogens with zero attached hydrogens (tertiary/aromatic N) is 3. The highest BCUT2D eigenvalue weighted by molar-refractivity contribution is 7.13. The second-order valence-corrected chi connectivity index (χ2v) is 6.02. The minimum atomic E-state index is -0.193. The molecule has 5 nitrogen and oxygen atoms in total. The van der Waals surface area contributed by atoms with Crippen LogP contribution in [0.1, 0.15) is 0 Å². The summed E-state index contributed by atoms with van der Waals surface area (Å²) in [6.45, 7) is 0. The number of benzene rings is 1. The molecule has 4 aromatic rings. The number of H-pyrrole nitrogens is 1. The fourth-order valence-electron chi connectivity index (χ4n) is 2.28. The molecule has 22 heavy (non-hydrogen) atoms. The standard InChI is InChI=1S/C15H9ClN4OS/c16-10-3-1-9(2-4-10)12-7-13(21)20-14(19-12)11(8-18-20)15-17-5-6-22-15/h1-8,19H. The fourth-order valence-corrected chi connectivity index (χ4v) is 3.06. The molecule has 3 heterocycles. The van der Waals surface area contributed by atoms with Crippen LogP contribution in [0.15, 0.2) is 52.9 Å². The summed E-state index contributed by atoms with van der Waals surface area (Å²) >= 11 is 7.41. The Bertz CT molecular complexity index is 1000. The van der Waals surface area contributed by atoms with Crippen LogP contribution in [0.5, 0.6) is 0 Å². The van der Waals surface area contributed by atoms with Gasteiger partial charge in [-0.3, -0.25) is 4.79 Å². The maximum atomic E-state index is 12.3. The Balaban J connectivity index is 1.96. The molecule has 7 heteroatoms. The van der Waals surface area contributed by atoms with Gasteiger partial charge >= 0.3 is 0 Å². The molecule has 108 valence electrons. The average Bonchev–Trinajstić information content (AvgIpc) is 3.16. The van der Waals surface area contributed by atoms with E-state index in [9.17, 15) is 4.79 Å². The molecule has 0 aliphatic rings. The number of aromatic amines is 1. The largest absolute Gasteiger partial charge is 0.339 e. The Kier molecular flexibility index (Phi) is 3.06. The first kappa shape index (κ1) is 13.2. The van der Waals surface area contributed by atoms with Crippen molar-refractivity contribution in [2.75, 3.05) is 0 Å². The highest BCUT2D eigenvalue weighted by atomic mass is 35.5. The Labute approximate surface area is 133 Å². The zero-order chi connectivity index (χ0) is 15.1. The number of aromatic nitrogens is 4. The number of rotatable bonds is 2. The third-order valence-electron chi connectivity index (χ3n) is 3.32. The molecule has 0 atom stereocenters. The van der Waals surface area contributed by atoms with Crippen LogP contribution >= 0.6 is 22.9 Å². The minimum Gasteiger partial charge on any atom is -0.339 e. The van der Waals surface area contributed by atoms with Gasteiger partial charge in [0.05, 0.1) is 17.5 Å². The van der Waals surface area contributed by atoms with E-state index >= 15 is 0 Å². The summed E-state index contributed by atoms with van der Waals surface area (Å²) in [6, 6.07) is 8.83. The summed E-state index contributed by atoms with van der Waals surface area (Å²) in [6.07, 6.45) is 3.38. The predicted molar refractivity (Wildman–Crippen MR) is 87.4 cm³/mol. The molecule has 4 rings (SSSR count). The maximum absolute atomic E-state index is 12.3. The lowest BCUT2D eigenvalue weighted by Gasteiger charge is -2.04. The molecule has 0 amide bonds. The van der Waals surface area contributed by atoms with E-state index in [2.05, 4.69) is 15.1 Å². The van der Waals surface area contributed by atoms with E-state index in [0.29, 0.717) is 16.4 Å². The smallest absolute Gasteiger partial charge is 0.274 e. The molecule has 0 bridgehead atoms. The van der Waals surface area contributed by atoms with Crippen molar-refractivity contribution in [3.8, 4) is 21.8 Å². The van der Waals surface area contributed by atoms with Crippen molar-refractivity contribution in [2.24, 2.45) is 0 Å². The summed E-state index contributed by atoms with van der Waals surface area (Å²) in [4.78, 5) is 19.8. The van der Waals surface area contributed by atoms with Crippen molar-refractivity contribution in [3.05, 3.63) is 63.5 Å².